The summed E-state index contributed by atoms with van der Waals surface area (Å²) in [4.78, 5) is 28.5. The molecule has 1 saturated heterocycles. The molecule has 1 N–H and O–H groups in total. The molecule has 1 aliphatic heterocycles. The molecule has 0 aromatic heterocycles. The Morgan fingerprint density at radius 1 is 1.03 bits per heavy atom. The number of benzene rings is 2. The van der Waals surface area contributed by atoms with Gasteiger partial charge < -0.3 is 10.2 Å². The van der Waals surface area contributed by atoms with Crippen molar-refractivity contribution in [2.24, 2.45) is 0 Å². The lowest BCUT2D eigenvalue weighted by atomic mass is 10.1. The van der Waals surface area contributed by atoms with Gasteiger partial charge in [-0.25, -0.2) is 0 Å². The van der Waals surface area contributed by atoms with E-state index in [4.69, 9.17) is 0 Å². The Morgan fingerprint density at radius 2 is 1.72 bits per heavy atom. The number of nitrogens with one attached hydrogen (secondary N) is 1. The van der Waals surface area contributed by atoms with E-state index in [1.54, 1.807) is 0 Å². The van der Waals surface area contributed by atoms with Gasteiger partial charge in [0.1, 0.15) is 0 Å². The number of carbonyl (C=O) groups is 2. The number of rotatable bonds is 9. The van der Waals surface area contributed by atoms with E-state index in [0.717, 1.165) is 49.4 Å². The molecule has 1 aliphatic rings. The van der Waals surface area contributed by atoms with E-state index in [9.17, 15) is 9.59 Å². The van der Waals surface area contributed by atoms with Crippen LogP contribution >= 0.6 is 0 Å². The zero-order valence-corrected chi connectivity index (χ0v) is 17.5. The Bertz CT molecular complexity index is 828. The molecule has 0 bridgehead atoms. The summed E-state index contributed by atoms with van der Waals surface area (Å²) in [7, 11) is 0. The summed E-state index contributed by atoms with van der Waals surface area (Å²) in [5.41, 5.74) is 4.29. The van der Waals surface area contributed by atoms with Crippen molar-refractivity contribution in [1.82, 2.24) is 10.2 Å². The maximum absolute atomic E-state index is 12.4. The van der Waals surface area contributed by atoms with Crippen molar-refractivity contribution in [3.05, 3.63) is 65.2 Å². The molecule has 0 aliphatic carbocycles. The highest BCUT2D eigenvalue weighted by Crippen LogP contribution is 2.21. The minimum Gasteiger partial charge on any atom is -0.352 e. The van der Waals surface area contributed by atoms with E-state index in [1.807, 2.05) is 35.2 Å². The molecule has 5 nitrogen and oxygen atoms in total. The number of amides is 2. The van der Waals surface area contributed by atoms with Gasteiger partial charge in [-0.1, -0.05) is 50.2 Å². The third-order valence-corrected chi connectivity index (χ3v) is 5.57. The topological polar surface area (TPSA) is 52.7 Å². The quantitative estimate of drug-likeness (QED) is 0.709. The first-order valence-electron chi connectivity index (χ1n) is 10.6. The third-order valence-electron chi connectivity index (χ3n) is 5.57. The van der Waals surface area contributed by atoms with Gasteiger partial charge in [0, 0.05) is 31.7 Å². The molecule has 1 heterocycles. The smallest absolute Gasteiger partial charge is 0.227 e. The van der Waals surface area contributed by atoms with Gasteiger partial charge in [0.15, 0.2) is 0 Å². The fraction of sp³-hybridized carbons (Fsp3) is 0.417. The zero-order valence-electron chi connectivity index (χ0n) is 17.5. The summed E-state index contributed by atoms with van der Waals surface area (Å²) in [5.74, 6) is 0.187. The first-order chi connectivity index (χ1) is 14.1. The van der Waals surface area contributed by atoms with Crippen molar-refractivity contribution in [3.63, 3.8) is 0 Å². The molecule has 5 heteroatoms. The van der Waals surface area contributed by atoms with E-state index in [-0.39, 0.29) is 11.8 Å². The predicted molar refractivity (Wildman–Crippen MR) is 117 cm³/mol. The van der Waals surface area contributed by atoms with Gasteiger partial charge in [-0.3, -0.25) is 14.5 Å². The summed E-state index contributed by atoms with van der Waals surface area (Å²) in [6.45, 7) is 8.57. The molecule has 0 spiro atoms. The lowest BCUT2D eigenvalue weighted by Gasteiger charge is -2.20. The minimum absolute atomic E-state index is 0.00708. The lowest BCUT2D eigenvalue weighted by molar-refractivity contribution is -0.120. The summed E-state index contributed by atoms with van der Waals surface area (Å²) < 4.78 is 0. The van der Waals surface area contributed by atoms with Crippen LogP contribution in [0.4, 0.5) is 5.69 Å². The Labute approximate surface area is 173 Å². The fourth-order valence-corrected chi connectivity index (χ4v) is 3.73. The summed E-state index contributed by atoms with van der Waals surface area (Å²) >= 11 is 0. The van der Waals surface area contributed by atoms with Crippen molar-refractivity contribution < 1.29 is 9.59 Å². The van der Waals surface area contributed by atoms with Gasteiger partial charge in [0.05, 0.1) is 6.42 Å². The molecule has 0 unspecified atom stereocenters. The molecule has 29 heavy (non-hydrogen) atoms. The van der Waals surface area contributed by atoms with E-state index in [0.29, 0.717) is 19.4 Å². The normalized spacial score (nSPS) is 13.9. The van der Waals surface area contributed by atoms with Crippen LogP contribution in [0.5, 0.6) is 0 Å². The van der Waals surface area contributed by atoms with Crippen LogP contribution in [0.25, 0.3) is 0 Å². The second-order valence-electron chi connectivity index (χ2n) is 7.50. The van der Waals surface area contributed by atoms with Crippen molar-refractivity contribution in [2.75, 3.05) is 24.5 Å². The highest BCUT2D eigenvalue weighted by Gasteiger charge is 2.21. The summed E-state index contributed by atoms with van der Waals surface area (Å²) in [5, 5.41) is 3.05. The van der Waals surface area contributed by atoms with E-state index >= 15 is 0 Å². The average molecular weight is 394 g/mol. The van der Waals surface area contributed by atoms with Gasteiger partial charge in [0.25, 0.3) is 0 Å². The van der Waals surface area contributed by atoms with Crippen LogP contribution in [0.15, 0.2) is 48.5 Å². The third kappa shape index (κ3) is 5.67. The molecule has 154 valence electrons. The van der Waals surface area contributed by atoms with Crippen LogP contribution < -0.4 is 10.2 Å². The van der Waals surface area contributed by atoms with Gasteiger partial charge >= 0.3 is 0 Å². The van der Waals surface area contributed by atoms with Crippen LogP contribution in [0.3, 0.4) is 0 Å². The largest absolute Gasteiger partial charge is 0.352 e. The monoisotopic (exact) mass is 393 g/mol. The van der Waals surface area contributed by atoms with Crippen molar-refractivity contribution in [3.8, 4) is 0 Å². The summed E-state index contributed by atoms with van der Waals surface area (Å²) in [6, 6.07) is 16.0. The molecule has 0 radical (unpaired) electrons. The van der Waals surface area contributed by atoms with Crippen LogP contribution in [0.2, 0.25) is 0 Å². The minimum atomic E-state index is 0.00708. The highest BCUT2D eigenvalue weighted by molar-refractivity contribution is 5.95. The molecule has 2 aromatic rings. The molecule has 2 aromatic carbocycles. The average Bonchev–Trinajstić information content (AvgIpc) is 3.17. The number of nitrogens with zero attached hydrogens (tertiary/aromatic N) is 2. The maximum Gasteiger partial charge on any atom is 0.227 e. The number of anilines is 1. The van der Waals surface area contributed by atoms with Crippen LogP contribution in [0, 0.1) is 0 Å². The Balaban J connectivity index is 1.54. The lowest BCUT2D eigenvalue weighted by Crippen LogP contribution is -2.27. The molecule has 0 saturated carbocycles. The van der Waals surface area contributed by atoms with Crippen LogP contribution in [-0.2, 0) is 29.1 Å². The zero-order chi connectivity index (χ0) is 20.6. The number of hydrogen-bond donors (Lipinski definition) is 1. The van der Waals surface area contributed by atoms with E-state index in [1.165, 1.54) is 5.56 Å². The molecular weight excluding hydrogens is 362 g/mol. The van der Waals surface area contributed by atoms with Gasteiger partial charge in [-0.05, 0) is 48.3 Å². The van der Waals surface area contributed by atoms with E-state index in [2.05, 4.69) is 42.3 Å². The van der Waals surface area contributed by atoms with Crippen molar-refractivity contribution in [1.29, 1.82) is 0 Å². The predicted octanol–water partition coefficient (Wildman–Crippen LogP) is 3.51. The van der Waals surface area contributed by atoms with Crippen molar-refractivity contribution >= 4 is 17.5 Å². The number of hydrogen-bond acceptors (Lipinski definition) is 3. The Hall–Kier alpha value is -2.66. The van der Waals surface area contributed by atoms with E-state index < -0.39 is 0 Å². The summed E-state index contributed by atoms with van der Waals surface area (Å²) in [6.07, 6.45) is 1.88. The van der Waals surface area contributed by atoms with Gasteiger partial charge in [-0.2, -0.15) is 0 Å². The number of carbonyl (C=O) groups excluding carboxylic acids is 2. The molecule has 0 atom stereocenters. The van der Waals surface area contributed by atoms with Crippen LogP contribution in [0.1, 0.15) is 43.4 Å². The van der Waals surface area contributed by atoms with Crippen molar-refractivity contribution in [2.45, 2.75) is 46.2 Å². The second kappa shape index (κ2) is 10.2. The standard InChI is InChI=1S/C24H31N3O2/c1-3-26(4-2)18-21-9-6-5-8-20(21)17-25-23(28)16-19-11-13-22(14-12-19)27-15-7-10-24(27)29/h5-6,8-9,11-14H,3-4,7,10,15-18H2,1-2H3,(H,25,28). The van der Waals surface area contributed by atoms with Gasteiger partial charge in [-0.15, -0.1) is 0 Å². The molecule has 3 rings (SSSR count). The highest BCUT2D eigenvalue weighted by atomic mass is 16.2. The first kappa shape index (κ1) is 21.1. The Kier molecular flexibility index (Phi) is 7.42. The van der Waals surface area contributed by atoms with Crippen LogP contribution in [-0.4, -0.2) is 36.3 Å². The van der Waals surface area contributed by atoms with Gasteiger partial charge in [0.2, 0.25) is 11.8 Å². The molecule has 2 amide bonds. The first-order valence-corrected chi connectivity index (χ1v) is 10.6. The maximum atomic E-state index is 12.4. The fourth-order valence-electron chi connectivity index (χ4n) is 3.73. The second-order valence-corrected chi connectivity index (χ2v) is 7.50. The SMILES string of the molecule is CCN(CC)Cc1ccccc1CNC(=O)Cc1ccc(N2CCCC2=O)cc1. The molecule has 1 fully saturated rings. The Morgan fingerprint density at radius 3 is 2.34 bits per heavy atom. The molecular formula is C24H31N3O2.